The number of amides is 2. The number of nitrogens with one attached hydrogen (secondary N) is 1. The van der Waals surface area contributed by atoms with Crippen molar-refractivity contribution in [2.24, 2.45) is 11.8 Å². The molecule has 3 aliphatic heterocycles. The number of piperidine rings is 3. The summed E-state index contributed by atoms with van der Waals surface area (Å²) in [6, 6.07) is 8.16. The summed E-state index contributed by atoms with van der Waals surface area (Å²) in [4.78, 5) is 29.0. The standard InChI is InChI=1S/C21H28ClN3O2/c22-18-6-4-15(5-7-18)8-9-23-20(26)14-24-11-16-10-17(13-24)19-2-1-3-21(27)25(19)12-16/h4-7,16-17,19H,1-3,8-14H2,(H,23,26)/t16?,17?,19-/m1/s1. The van der Waals surface area contributed by atoms with Gasteiger partial charge in [-0.2, -0.15) is 0 Å². The second kappa shape index (κ2) is 8.19. The highest BCUT2D eigenvalue weighted by Gasteiger charge is 2.43. The molecule has 3 aliphatic rings. The number of benzene rings is 1. The van der Waals surface area contributed by atoms with Crippen molar-refractivity contribution in [1.82, 2.24) is 15.1 Å². The number of rotatable bonds is 5. The van der Waals surface area contributed by atoms with Crippen molar-refractivity contribution in [3.63, 3.8) is 0 Å². The third-order valence-electron chi connectivity index (χ3n) is 6.27. The van der Waals surface area contributed by atoms with Gasteiger partial charge >= 0.3 is 0 Å². The fourth-order valence-electron chi connectivity index (χ4n) is 5.10. The van der Waals surface area contributed by atoms with E-state index in [1.807, 2.05) is 24.3 Å². The zero-order valence-corrected chi connectivity index (χ0v) is 16.5. The second-order valence-corrected chi connectivity index (χ2v) is 8.72. The molecule has 0 radical (unpaired) electrons. The highest BCUT2D eigenvalue weighted by molar-refractivity contribution is 6.30. The van der Waals surface area contributed by atoms with Crippen LogP contribution in [0, 0.1) is 11.8 Å². The van der Waals surface area contributed by atoms with Crippen LogP contribution in [0.2, 0.25) is 5.02 Å². The summed E-state index contributed by atoms with van der Waals surface area (Å²) < 4.78 is 0. The minimum Gasteiger partial charge on any atom is -0.355 e. The van der Waals surface area contributed by atoms with Gasteiger partial charge in [0.05, 0.1) is 6.54 Å². The molecule has 1 aromatic carbocycles. The van der Waals surface area contributed by atoms with E-state index in [-0.39, 0.29) is 5.91 Å². The number of hydrogen-bond donors (Lipinski definition) is 1. The van der Waals surface area contributed by atoms with Gasteiger partial charge in [-0.05, 0) is 55.2 Å². The number of nitrogens with zero attached hydrogens (tertiary/aromatic N) is 2. The van der Waals surface area contributed by atoms with Crippen LogP contribution in [-0.2, 0) is 16.0 Å². The molecule has 1 N–H and O–H groups in total. The second-order valence-electron chi connectivity index (χ2n) is 8.29. The van der Waals surface area contributed by atoms with Crippen molar-refractivity contribution in [2.75, 3.05) is 32.7 Å². The van der Waals surface area contributed by atoms with Crippen LogP contribution in [0.15, 0.2) is 24.3 Å². The predicted octanol–water partition coefficient (Wildman–Crippen LogP) is 2.33. The average molecular weight is 390 g/mol. The third-order valence-corrected chi connectivity index (χ3v) is 6.52. The summed E-state index contributed by atoms with van der Waals surface area (Å²) in [5, 5.41) is 3.78. The quantitative estimate of drug-likeness (QED) is 0.840. The first kappa shape index (κ1) is 18.8. The van der Waals surface area contributed by atoms with Crippen LogP contribution in [0.5, 0.6) is 0 Å². The molecule has 3 heterocycles. The number of likely N-dealkylation sites (tertiary alicyclic amines) is 1. The Morgan fingerprint density at radius 1 is 1.19 bits per heavy atom. The third kappa shape index (κ3) is 4.46. The Morgan fingerprint density at radius 3 is 2.81 bits per heavy atom. The molecule has 0 aromatic heterocycles. The molecule has 146 valence electrons. The Balaban J connectivity index is 1.25. The van der Waals surface area contributed by atoms with E-state index in [9.17, 15) is 9.59 Å². The summed E-state index contributed by atoms with van der Waals surface area (Å²) in [6.07, 6.45) is 4.89. The minimum absolute atomic E-state index is 0.0977. The molecule has 2 amide bonds. The lowest BCUT2D eigenvalue weighted by Crippen LogP contribution is -2.61. The average Bonchev–Trinajstić information content (AvgIpc) is 2.64. The summed E-state index contributed by atoms with van der Waals surface area (Å²) in [6.45, 7) is 3.86. The van der Waals surface area contributed by atoms with Gasteiger partial charge in [-0.15, -0.1) is 0 Å². The molecule has 0 spiro atoms. The van der Waals surface area contributed by atoms with Crippen LogP contribution in [0.1, 0.15) is 31.2 Å². The fraction of sp³-hybridized carbons (Fsp3) is 0.619. The topological polar surface area (TPSA) is 52.7 Å². The first-order valence-electron chi connectivity index (χ1n) is 10.1. The van der Waals surface area contributed by atoms with E-state index < -0.39 is 0 Å². The van der Waals surface area contributed by atoms with Gasteiger partial charge in [0.15, 0.2) is 0 Å². The number of halogens is 1. The highest BCUT2D eigenvalue weighted by atomic mass is 35.5. The normalized spacial score (nSPS) is 28.0. The van der Waals surface area contributed by atoms with Crippen LogP contribution >= 0.6 is 11.6 Å². The van der Waals surface area contributed by atoms with Crippen molar-refractivity contribution < 1.29 is 9.59 Å². The highest BCUT2D eigenvalue weighted by Crippen LogP contribution is 2.37. The van der Waals surface area contributed by atoms with E-state index in [0.29, 0.717) is 36.9 Å². The molecule has 27 heavy (non-hydrogen) atoms. The SMILES string of the molecule is O=C(CN1CC2CC(C1)[C@H]1CCCC(=O)N1C2)NCCc1ccc(Cl)cc1. The van der Waals surface area contributed by atoms with Gasteiger partial charge in [0.2, 0.25) is 11.8 Å². The van der Waals surface area contributed by atoms with Gasteiger partial charge in [-0.25, -0.2) is 0 Å². The van der Waals surface area contributed by atoms with Crippen LogP contribution < -0.4 is 5.32 Å². The van der Waals surface area contributed by atoms with Crippen LogP contribution in [0.3, 0.4) is 0 Å². The lowest BCUT2D eigenvalue weighted by Gasteiger charge is -2.52. The van der Waals surface area contributed by atoms with E-state index in [1.165, 1.54) is 12.0 Å². The molecule has 0 aliphatic carbocycles. The van der Waals surface area contributed by atoms with Gasteiger partial charge in [0, 0.05) is 43.7 Å². The predicted molar refractivity (Wildman–Crippen MR) is 106 cm³/mol. The lowest BCUT2D eigenvalue weighted by atomic mass is 9.76. The van der Waals surface area contributed by atoms with Gasteiger partial charge in [-0.3, -0.25) is 14.5 Å². The smallest absolute Gasteiger partial charge is 0.234 e. The largest absolute Gasteiger partial charge is 0.355 e. The van der Waals surface area contributed by atoms with Crippen molar-refractivity contribution >= 4 is 23.4 Å². The van der Waals surface area contributed by atoms with Crippen LogP contribution in [-0.4, -0.2) is 60.4 Å². The molecule has 1 aromatic rings. The van der Waals surface area contributed by atoms with E-state index in [0.717, 1.165) is 50.3 Å². The Kier molecular flexibility index (Phi) is 5.69. The van der Waals surface area contributed by atoms with E-state index in [4.69, 9.17) is 11.6 Å². The van der Waals surface area contributed by atoms with Crippen molar-refractivity contribution in [3.8, 4) is 0 Å². The molecule has 3 saturated heterocycles. The first-order chi connectivity index (χ1) is 13.1. The van der Waals surface area contributed by atoms with E-state index in [1.54, 1.807) is 0 Å². The Bertz CT molecular complexity index is 693. The number of hydrogen-bond acceptors (Lipinski definition) is 3. The summed E-state index contributed by atoms with van der Waals surface area (Å²) in [5.74, 6) is 1.49. The van der Waals surface area contributed by atoms with Gasteiger partial charge in [0.1, 0.15) is 0 Å². The maximum Gasteiger partial charge on any atom is 0.234 e. The number of fused-ring (bicyclic) bond motifs is 4. The van der Waals surface area contributed by atoms with E-state index >= 15 is 0 Å². The fourth-order valence-corrected chi connectivity index (χ4v) is 5.22. The summed E-state index contributed by atoms with van der Waals surface area (Å²) >= 11 is 5.90. The molecule has 2 unspecified atom stereocenters. The van der Waals surface area contributed by atoms with Crippen molar-refractivity contribution in [3.05, 3.63) is 34.9 Å². The molecule has 6 heteroatoms. The van der Waals surface area contributed by atoms with Crippen LogP contribution in [0.4, 0.5) is 0 Å². The van der Waals surface area contributed by atoms with Crippen molar-refractivity contribution in [2.45, 2.75) is 38.1 Å². The zero-order valence-electron chi connectivity index (χ0n) is 15.7. The lowest BCUT2D eigenvalue weighted by molar-refractivity contribution is -0.145. The Labute approximate surface area is 166 Å². The summed E-state index contributed by atoms with van der Waals surface area (Å²) in [7, 11) is 0. The molecule has 0 saturated carbocycles. The van der Waals surface area contributed by atoms with Gasteiger partial charge in [0.25, 0.3) is 0 Å². The zero-order chi connectivity index (χ0) is 18.8. The maximum absolute atomic E-state index is 12.4. The molecule has 3 atom stereocenters. The maximum atomic E-state index is 12.4. The monoisotopic (exact) mass is 389 g/mol. The first-order valence-corrected chi connectivity index (χ1v) is 10.5. The molecule has 4 rings (SSSR count). The minimum atomic E-state index is 0.0977. The molecule has 3 fully saturated rings. The summed E-state index contributed by atoms with van der Waals surface area (Å²) in [5.41, 5.74) is 1.18. The van der Waals surface area contributed by atoms with Crippen LogP contribution in [0.25, 0.3) is 0 Å². The van der Waals surface area contributed by atoms with E-state index in [2.05, 4.69) is 15.1 Å². The number of carbonyl (C=O) groups is 2. The number of carbonyl (C=O) groups excluding carboxylic acids is 2. The molecular formula is C21H28ClN3O2. The van der Waals surface area contributed by atoms with Gasteiger partial charge < -0.3 is 10.2 Å². The molecular weight excluding hydrogens is 362 g/mol. The molecule has 5 nitrogen and oxygen atoms in total. The Hall–Kier alpha value is -1.59. The van der Waals surface area contributed by atoms with Crippen molar-refractivity contribution in [1.29, 1.82) is 0 Å². The Morgan fingerprint density at radius 2 is 2.00 bits per heavy atom. The van der Waals surface area contributed by atoms with Gasteiger partial charge in [-0.1, -0.05) is 23.7 Å². The molecule has 2 bridgehead atoms.